The second-order valence-corrected chi connectivity index (χ2v) is 5.06. The fraction of sp³-hybridized carbons (Fsp3) is 0.700. The second-order valence-electron chi connectivity index (χ2n) is 3.85. The molecule has 0 radical (unpaired) electrons. The summed E-state index contributed by atoms with van der Waals surface area (Å²) in [5.74, 6) is 0. The lowest BCUT2D eigenvalue weighted by molar-refractivity contribution is 0.326. The molecule has 0 aliphatic carbocycles. The topological polar surface area (TPSA) is 28.2 Å². The quantitative estimate of drug-likeness (QED) is 0.830. The first-order valence-corrected chi connectivity index (χ1v) is 5.66. The Morgan fingerprint density at radius 2 is 2.07 bits per heavy atom. The number of nitrogens with zero attached hydrogens (tertiary/aromatic N) is 2. The number of aryl methyl sites for hydroxylation is 2. The second kappa shape index (κ2) is 4.75. The third-order valence-electron chi connectivity index (χ3n) is 2.46. The Hall–Kier alpha value is -0.610. The van der Waals surface area contributed by atoms with E-state index in [0.717, 1.165) is 17.4 Å². The number of hydrogen-bond acceptors (Lipinski definition) is 4. The van der Waals surface area contributed by atoms with Crippen LogP contribution in [0.4, 0.5) is 5.13 Å². The highest BCUT2D eigenvalue weighted by molar-refractivity contribution is 7.15. The first-order chi connectivity index (χ1) is 6.50. The van der Waals surface area contributed by atoms with Crippen molar-refractivity contribution in [2.45, 2.75) is 26.8 Å². The Bertz CT molecular complexity index is 274. The van der Waals surface area contributed by atoms with E-state index >= 15 is 0 Å². The lowest BCUT2D eigenvalue weighted by Crippen LogP contribution is -2.31. The average molecular weight is 213 g/mol. The molecular weight excluding hydrogens is 194 g/mol. The zero-order valence-electron chi connectivity index (χ0n) is 9.59. The van der Waals surface area contributed by atoms with E-state index in [1.54, 1.807) is 11.3 Å². The minimum absolute atomic E-state index is 0.527. The van der Waals surface area contributed by atoms with Crippen molar-refractivity contribution in [3.05, 3.63) is 10.6 Å². The van der Waals surface area contributed by atoms with Crippen molar-refractivity contribution in [1.29, 1.82) is 0 Å². The van der Waals surface area contributed by atoms with E-state index in [4.69, 9.17) is 0 Å². The first-order valence-electron chi connectivity index (χ1n) is 4.85. The maximum Gasteiger partial charge on any atom is 0.183 e. The minimum atomic E-state index is 0.527. The van der Waals surface area contributed by atoms with Gasteiger partial charge in [0.1, 0.15) is 0 Å². The Morgan fingerprint density at radius 1 is 1.43 bits per heavy atom. The van der Waals surface area contributed by atoms with Gasteiger partial charge in [0.05, 0.1) is 5.69 Å². The zero-order chi connectivity index (χ0) is 10.7. The SMILES string of the molecule is Cc1nc(NCC(C)N(C)C)sc1C. The molecule has 4 heteroatoms. The molecule has 1 rings (SSSR count). The Kier molecular flexibility index (Phi) is 3.89. The smallest absolute Gasteiger partial charge is 0.183 e. The monoisotopic (exact) mass is 213 g/mol. The van der Waals surface area contributed by atoms with Gasteiger partial charge in [-0.25, -0.2) is 4.98 Å². The highest BCUT2D eigenvalue weighted by Gasteiger charge is 2.06. The van der Waals surface area contributed by atoms with E-state index in [-0.39, 0.29) is 0 Å². The Labute approximate surface area is 90.2 Å². The molecule has 0 fully saturated rings. The van der Waals surface area contributed by atoms with Crippen LogP contribution < -0.4 is 5.32 Å². The molecule has 80 valence electrons. The minimum Gasteiger partial charge on any atom is -0.360 e. The van der Waals surface area contributed by atoms with Crippen LogP contribution in [-0.4, -0.2) is 36.6 Å². The Balaban J connectivity index is 2.46. The lowest BCUT2D eigenvalue weighted by atomic mass is 10.3. The van der Waals surface area contributed by atoms with Crippen LogP contribution in [0.3, 0.4) is 0 Å². The number of thiazole rings is 1. The number of likely N-dealkylation sites (N-methyl/N-ethyl adjacent to an activating group) is 1. The van der Waals surface area contributed by atoms with Crippen molar-refractivity contribution < 1.29 is 0 Å². The van der Waals surface area contributed by atoms with Gasteiger partial charge in [0.25, 0.3) is 0 Å². The van der Waals surface area contributed by atoms with E-state index in [1.807, 2.05) is 6.92 Å². The van der Waals surface area contributed by atoms with E-state index < -0.39 is 0 Å². The van der Waals surface area contributed by atoms with Crippen molar-refractivity contribution in [2.75, 3.05) is 26.0 Å². The zero-order valence-corrected chi connectivity index (χ0v) is 10.4. The number of hydrogen-bond donors (Lipinski definition) is 1. The van der Waals surface area contributed by atoms with Gasteiger partial charge in [-0.05, 0) is 34.9 Å². The van der Waals surface area contributed by atoms with Crippen LogP contribution in [0.1, 0.15) is 17.5 Å². The summed E-state index contributed by atoms with van der Waals surface area (Å²) in [5, 5.41) is 4.39. The largest absolute Gasteiger partial charge is 0.360 e. The summed E-state index contributed by atoms with van der Waals surface area (Å²) in [4.78, 5) is 7.92. The fourth-order valence-corrected chi connectivity index (χ4v) is 1.79. The highest BCUT2D eigenvalue weighted by Crippen LogP contribution is 2.20. The third kappa shape index (κ3) is 2.96. The van der Waals surface area contributed by atoms with Gasteiger partial charge in [0.2, 0.25) is 0 Å². The molecule has 1 unspecified atom stereocenters. The van der Waals surface area contributed by atoms with Crippen LogP contribution in [-0.2, 0) is 0 Å². The van der Waals surface area contributed by atoms with E-state index in [0.29, 0.717) is 6.04 Å². The molecule has 1 N–H and O–H groups in total. The lowest BCUT2D eigenvalue weighted by Gasteiger charge is -2.19. The summed E-state index contributed by atoms with van der Waals surface area (Å²) in [6, 6.07) is 0.527. The van der Waals surface area contributed by atoms with Crippen LogP contribution >= 0.6 is 11.3 Å². The van der Waals surface area contributed by atoms with Crippen LogP contribution in [0.2, 0.25) is 0 Å². The summed E-state index contributed by atoms with van der Waals surface area (Å²) < 4.78 is 0. The van der Waals surface area contributed by atoms with Gasteiger partial charge < -0.3 is 10.2 Å². The molecule has 1 atom stereocenters. The summed E-state index contributed by atoms with van der Waals surface area (Å²) >= 11 is 1.73. The first kappa shape index (κ1) is 11.5. The van der Waals surface area contributed by atoms with Gasteiger partial charge in [-0.3, -0.25) is 0 Å². The van der Waals surface area contributed by atoms with Crippen molar-refractivity contribution in [3.8, 4) is 0 Å². The molecule has 1 aromatic heterocycles. The van der Waals surface area contributed by atoms with Crippen molar-refractivity contribution in [2.24, 2.45) is 0 Å². The van der Waals surface area contributed by atoms with Gasteiger partial charge >= 0.3 is 0 Å². The molecule has 0 saturated heterocycles. The molecule has 0 bridgehead atoms. The maximum absolute atomic E-state index is 4.43. The standard InChI is InChI=1S/C10H19N3S/c1-7(13(4)5)6-11-10-12-8(2)9(3)14-10/h7H,6H2,1-5H3,(H,11,12). The Morgan fingerprint density at radius 3 is 2.50 bits per heavy atom. The van der Waals surface area contributed by atoms with Crippen molar-refractivity contribution in [1.82, 2.24) is 9.88 Å². The van der Waals surface area contributed by atoms with E-state index in [9.17, 15) is 0 Å². The average Bonchev–Trinajstić information content (AvgIpc) is 2.42. The molecular formula is C10H19N3S. The molecule has 3 nitrogen and oxygen atoms in total. The van der Waals surface area contributed by atoms with Crippen LogP contribution in [0, 0.1) is 13.8 Å². The highest BCUT2D eigenvalue weighted by atomic mass is 32.1. The van der Waals surface area contributed by atoms with Gasteiger partial charge in [0.15, 0.2) is 5.13 Å². The van der Waals surface area contributed by atoms with Crippen molar-refractivity contribution >= 4 is 16.5 Å². The van der Waals surface area contributed by atoms with Crippen LogP contribution in [0.15, 0.2) is 0 Å². The summed E-state index contributed by atoms with van der Waals surface area (Å²) in [6.45, 7) is 7.29. The predicted octanol–water partition coefficient (Wildman–Crippen LogP) is 2.12. The maximum atomic E-state index is 4.43. The van der Waals surface area contributed by atoms with E-state index in [2.05, 4.69) is 43.1 Å². The normalized spacial score (nSPS) is 13.3. The summed E-state index contributed by atoms with van der Waals surface area (Å²) in [5.41, 5.74) is 1.13. The summed E-state index contributed by atoms with van der Waals surface area (Å²) in [6.07, 6.45) is 0. The number of nitrogens with one attached hydrogen (secondary N) is 1. The summed E-state index contributed by atoms with van der Waals surface area (Å²) in [7, 11) is 4.18. The van der Waals surface area contributed by atoms with Gasteiger partial charge in [-0.1, -0.05) is 0 Å². The molecule has 14 heavy (non-hydrogen) atoms. The van der Waals surface area contributed by atoms with Gasteiger partial charge in [0, 0.05) is 17.5 Å². The molecule has 0 aliphatic rings. The van der Waals surface area contributed by atoms with Gasteiger partial charge in [-0.15, -0.1) is 11.3 Å². The van der Waals surface area contributed by atoms with Crippen molar-refractivity contribution in [3.63, 3.8) is 0 Å². The van der Waals surface area contributed by atoms with Gasteiger partial charge in [-0.2, -0.15) is 0 Å². The molecule has 1 aromatic rings. The number of aromatic nitrogens is 1. The molecule has 1 heterocycles. The number of rotatable bonds is 4. The molecule has 0 aliphatic heterocycles. The molecule has 0 amide bonds. The molecule has 0 saturated carbocycles. The van der Waals surface area contributed by atoms with Crippen LogP contribution in [0.5, 0.6) is 0 Å². The fourth-order valence-electron chi connectivity index (χ4n) is 0.966. The predicted molar refractivity (Wildman–Crippen MR) is 63.2 cm³/mol. The third-order valence-corrected chi connectivity index (χ3v) is 3.49. The van der Waals surface area contributed by atoms with E-state index in [1.165, 1.54) is 4.88 Å². The molecule has 0 spiro atoms. The molecule has 0 aromatic carbocycles. The number of anilines is 1. The van der Waals surface area contributed by atoms with Crippen LogP contribution in [0.25, 0.3) is 0 Å².